The molecule has 1 atom stereocenters. The lowest BCUT2D eigenvalue weighted by molar-refractivity contribution is 0.400. The summed E-state index contributed by atoms with van der Waals surface area (Å²) in [6.45, 7) is 2.75. The highest BCUT2D eigenvalue weighted by Crippen LogP contribution is 2.36. The number of ether oxygens (including phenoxy) is 1. The summed E-state index contributed by atoms with van der Waals surface area (Å²) in [5.74, 6) is 0.131. The summed E-state index contributed by atoms with van der Waals surface area (Å²) in [6.07, 6.45) is 0. The van der Waals surface area contributed by atoms with Gasteiger partial charge >= 0.3 is 0 Å². The molecule has 0 aliphatic rings. The van der Waals surface area contributed by atoms with Crippen LogP contribution >= 0.6 is 27.5 Å². The molecule has 0 bridgehead atoms. The Morgan fingerprint density at radius 3 is 2.62 bits per heavy atom. The van der Waals surface area contributed by atoms with Crippen LogP contribution in [0.25, 0.3) is 0 Å². The summed E-state index contributed by atoms with van der Waals surface area (Å²) < 4.78 is 19.4. The van der Waals surface area contributed by atoms with Gasteiger partial charge in [0.25, 0.3) is 0 Å². The van der Waals surface area contributed by atoms with Crippen LogP contribution in [0.1, 0.15) is 24.1 Å². The van der Waals surface area contributed by atoms with Crippen LogP contribution in [0.3, 0.4) is 0 Å². The van der Waals surface area contributed by atoms with Crippen molar-refractivity contribution in [3.05, 3.63) is 62.8 Å². The van der Waals surface area contributed by atoms with Crippen molar-refractivity contribution in [2.75, 3.05) is 13.7 Å². The lowest BCUT2D eigenvalue weighted by Crippen LogP contribution is -2.23. The second kappa shape index (κ2) is 7.25. The largest absolute Gasteiger partial charge is 0.496 e. The van der Waals surface area contributed by atoms with Gasteiger partial charge in [-0.3, -0.25) is 0 Å². The highest BCUT2D eigenvalue weighted by atomic mass is 79.9. The molecule has 2 aromatic carbocycles. The zero-order valence-electron chi connectivity index (χ0n) is 11.8. The van der Waals surface area contributed by atoms with Crippen LogP contribution in [0.5, 0.6) is 5.75 Å². The Hall–Kier alpha value is -1.10. The van der Waals surface area contributed by atoms with Crippen molar-refractivity contribution in [2.45, 2.75) is 13.0 Å². The van der Waals surface area contributed by atoms with Crippen molar-refractivity contribution in [1.82, 2.24) is 5.32 Å². The standard InChI is InChI=1S/C16H16BrClFNO/c1-3-20-16(10-6-4-5-7-13(10)18)11-8-12(17)14(19)9-15(11)21-2/h4-9,16,20H,3H2,1-2H3. The maximum Gasteiger partial charge on any atom is 0.141 e. The summed E-state index contributed by atoms with van der Waals surface area (Å²) in [7, 11) is 1.53. The van der Waals surface area contributed by atoms with Crippen molar-refractivity contribution < 1.29 is 9.13 Å². The van der Waals surface area contributed by atoms with Gasteiger partial charge in [-0.2, -0.15) is 0 Å². The monoisotopic (exact) mass is 371 g/mol. The van der Waals surface area contributed by atoms with Crippen molar-refractivity contribution in [3.8, 4) is 5.75 Å². The van der Waals surface area contributed by atoms with Crippen LogP contribution in [-0.4, -0.2) is 13.7 Å². The zero-order valence-corrected chi connectivity index (χ0v) is 14.1. The number of benzene rings is 2. The van der Waals surface area contributed by atoms with E-state index < -0.39 is 0 Å². The minimum absolute atomic E-state index is 0.171. The average Bonchev–Trinajstić information content (AvgIpc) is 2.48. The molecule has 0 aliphatic heterocycles. The smallest absolute Gasteiger partial charge is 0.141 e. The molecule has 0 saturated heterocycles. The number of methoxy groups -OCH3 is 1. The number of hydrogen-bond donors (Lipinski definition) is 1. The summed E-state index contributed by atoms with van der Waals surface area (Å²) in [6, 6.07) is 10.5. The Kier molecular flexibility index (Phi) is 5.62. The van der Waals surface area contributed by atoms with Gasteiger partial charge in [-0.15, -0.1) is 0 Å². The fraction of sp³-hybridized carbons (Fsp3) is 0.250. The van der Waals surface area contributed by atoms with E-state index in [9.17, 15) is 4.39 Å². The molecule has 0 aliphatic carbocycles. The van der Waals surface area contributed by atoms with E-state index >= 15 is 0 Å². The van der Waals surface area contributed by atoms with Gasteiger partial charge in [-0.25, -0.2) is 4.39 Å². The molecule has 21 heavy (non-hydrogen) atoms. The quantitative estimate of drug-likeness (QED) is 0.802. The third-order valence-corrected chi connectivity index (χ3v) is 4.16. The number of nitrogens with one attached hydrogen (secondary N) is 1. The van der Waals surface area contributed by atoms with Gasteiger partial charge in [0.15, 0.2) is 0 Å². The molecule has 0 saturated carbocycles. The van der Waals surface area contributed by atoms with Gasteiger partial charge in [-0.05, 0) is 40.2 Å². The van der Waals surface area contributed by atoms with E-state index in [1.54, 1.807) is 6.07 Å². The SMILES string of the molecule is CCNC(c1ccccc1Cl)c1cc(Br)c(F)cc1OC. The molecule has 5 heteroatoms. The first-order chi connectivity index (χ1) is 10.1. The van der Waals surface area contributed by atoms with Gasteiger partial charge in [0.2, 0.25) is 0 Å². The summed E-state index contributed by atoms with van der Waals surface area (Å²) in [5.41, 5.74) is 1.76. The Labute approximate surface area is 137 Å². The van der Waals surface area contributed by atoms with Gasteiger partial charge in [-0.1, -0.05) is 36.7 Å². The van der Waals surface area contributed by atoms with Crippen LogP contribution in [0.15, 0.2) is 40.9 Å². The van der Waals surface area contributed by atoms with E-state index in [1.165, 1.54) is 13.2 Å². The molecule has 2 nitrogen and oxygen atoms in total. The third-order valence-electron chi connectivity index (χ3n) is 3.21. The van der Waals surface area contributed by atoms with E-state index in [0.717, 1.165) is 17.7 Å². The summed E-state index contributed by atoms with van der Waals surface area (Å²) in [4.78, 5) is 0. The molecular weight excluding hydrogens is 357 g/mol. The van der Waals surface area contributed by atoms with E-state index in [0.29, 0.717) is 15.2 Å². The number of rotatable bonds is 5. The molecule has 0 aromatic heterocycles. The first-order valence-electron chi connectivity index (χ1n) is 6.59. The van der Waals surface area contributed by atoms with Crippen LogP contribution in [0.4, 0.5) is 4.39 Å². The maximum atomic E-state index is 13.7. The Balaban J connectivity index is 2.58. The first kappa shape index (κ1) is 16.3. The van der Waals surface area contributed by atoms with Crippen LogP contribution in [0.2, 0.25) is 5.02 Å². The number of hydrogen-bond acceptors (Lipinski definition) is 2. The Morgan fingerprint density at radius 1 is 1.29 bits per heavy atom. The lowest BCUT2D eigenvalue weighted by Gasteiger charge is -2.22. The molecule has 0 heterocycles. The van der Waals surface area contributed by atoms with E-state index in [-0.39, 0.29) is 11.9 Å². The zero-order chi connectivity index (χ0) is 15.4. The van der Waals surface area contributed by atoms with E-state index in [1.807, 2.05) is 31.2 Å². The van der Waals surface area contributed by atoms with Crippen LogP contribution in [-0.2, 0) is 0 Å². The predicted molar refractivity (Wildman–Crippen MR) is 87.6 cm³/mol. The second-order valence-corrected chi connectivity index (χ2v) is 5.78. The van der Waals surface area contributed by atoms with Gasteiger partial charge in [0.05, 0.1) is 17.6 Å². The predicted octanol–water partition coefficient (Wildman–Crippen LogP) is 4.95. The maximum absolute atomic E-state index is 13.7. The van der Waals surface area contributed by atoms with Gasteiger partial charge < -0.3 is 10.1 Å². The minimum atomic E-state index is -0.356. The topological polar surface area (TPSA) is 21.3 Å². The fourth-order valence-corrected chi connectivity index (χ4v) is 2.85. The van der Waals surface area contributed by atoms with Crippen LogP contribution in [0, 0.1) is 5.82 Å². The molecule has 112 valence electrons. The fourth-order valence-electron chi connectivity index (χ4n) is 2.25. The third kappa shape index (κ3) is 3.57. The van der Waals surface area contributed by atoms with Crippen molar-refractivity contribution in [2.24, 2.45) is 0 Å². The van der Waals surface area contributed by atoms with E-state index in [4.69, 9.17) is 16.3 Å². The van der Waals surface area contributed by atoms with E-state index in [2.05, 4.69) is 21.2 Å². The lowest BCUT2D eigenvalue weighted by atomic mass is 9.97. The second-order valence-electron chi connectivity index (χ2n) is 4.52. The van der Waals surface area contributed by atoms with Crippen molar-refractivity contribution >= 4 is 27.5 Å². The summed E-state index contributed by atoms with van der Waals surface area (Å²) >= 11 is 9.53. The number of halogens is 3. The van der Waals surface area contributed by atoms with Gasteiger partial charge in [0, 0.05) is 16.7 Å². The molecule has 2 aromatic rings. The van der Waals surface area contributed by atoms with Crippen molar-refractivity contribution in [3.63, 3.8) is 0 Å². The van der Waals surface area contributed by atoms with Crippen LogP contribution < -0.4 is 10.1 Å². The molecule has 0 spiro atoms. The molecule has 0 fully saturated rings. The molecule has 0 amide bonds. The van der Waals surface area contributed by atoms with Crippen molar-refractivity contribution in [1.29, 1.82) is 0 Å². The average molecular weight is 373 g/mol. The highest BCUT2D eigenvalue weighted by molar-refractivity contribution is 9.10. The normalized spacial score (nSPS) is 12.2. The van der Waals surface area contributed by atoms with Gasteiger partial charge in [0.1, 0.15) is 11.6 Å². The Bertz CT molecular complexity index is 636. The summed E-state index contributed by atoms with van der Waals surface area (Å²) in [5, 5.41) is 4.03. The molecular formula is C16H16BrClFNO. The molecule has 0 radical (unpaired) electrons. The first-order valence-corrected chi connectivity index (χ1v) is 7.76. The Morgan fingerprint density at radius 2 is 2.00 bits per heavy atom. The molecule has 2 rings (SSSR count). The highest BCUT2D eigenvalue weighted by Gasteiger charge is 2.21. The molecule has 1 N–H and O–H groups in total. The minimum Gasteiger partial charge on any atom is -0.496 e. The molecule has 1 unspecified atom stereocenters.